The van der Waals surface area contributed by atoms with Gasteiger partial charge in [-0.05, 0) is 12.5 Å². The van der Waals surface area contributed by atoms with Crippen molar-refractivity contribution in [2.45, 2.75) is 13.3 Å². The lowest BCUT2D eigenvalue weighted by Crippen LogP contribution is -2.12. The number of carbonyl (C=O) groups is 1. The molecule has 1 aliphatic carbocycles. The molecule has 0 amide bonds. The molecule has 76 valence electrons. The summed E-state index contributed by atoms with van der Waals surface area (Å²) in [5.41, 5.74) is 2.45. The first-order valence-electron chi connectivity index (χ1n) is 4.58. The maximum Gasteiger partial charge on any atom is 0.306 e. The van der Waals surface area contributed by atoms with E-state index in [9.17, 15) is 4.79 Å². The molecule has 1 aliphatic rings. The molecule has 3 heteroatoms. The van der Waals surface area contributed by atoms with E-state index in [2.05, 4.69) is 0 Å². The molecule has 0 radical (unpaired) electrons. The molecule has 0 bridgehead atoms. The summed E-state index contributed by atoms with van der Waals surface area (Å²) >= 11 is 5.64. The Morgan fingerprint density at radius 3 is 3.07 bits per heavy atom. The van der Waals surface area contributed by atoms with Crippen LogP contribution in [0.2, 0.25) is 0 Å². The van der Waals surface area contributed by atoms with Gasteiger partial charge in [-0.2, -0.15) is 0 Å². The molecule has 1 atom stereocenters. The van der Waals surface area contributed by atoms with Crippen LogP contribution in [-0.4, -0.2) is 12.6 Å². The number of hydrogen-bond donors (Lipinski definition) is 0. The fourth-order valence-electron chi connectivity index (χ4n) is 1.30. The van der Waals surface area contributed by atoms with Crippen LogP contribution in [0.3, 0.4) is 0 Å². The third-order valence-corrected chi connectivity index (χ3v) is 2.24. The average Bonchev–Trinajstić information content (AvgIpc) is 2.19. The Morgan fingerprint density at radius 1 is 1.64 bits per heavy atom. The van der Waals surface area contributed by atoms with Crippen molar-refractivity contribution in [3.63, 3.8) is 0 Å². The molecule has 0 aliphatic heterocycles. The quantitative estimate of drug-likeness (QED) is 0.673. The Kier molecular flexibility index (Phi) is 4.47. The minimum absolute atomic E-state index is 0.0524. The first kappa shape index (κ1) is 11.1. The lowest BCUT2D eigenvalue weighted by molar-refractivity contribution is -0.143. The van der Waals surface area contributed by atoms with E-state index in [1.807, 2.05) is 24.3 Å². The second kappa shape index (κ2) is 5.66. The largest absolute Gasteiger partial charge is 0.466 e. The molecule has 0 saturated carbocycles. The highest BCUT2D eigenvalue weighted by Gasteiger charge is 2.15. The van der Waals surface area contributed by atoms with Gasteiger partial charge in [0, 0.05) is 11.5 Å². The summed E-state index contributed by atoms with van der Waals surface area (Å²) < 4.78 is 4.87. The minimum Gasteiger partial charge on any atom is -0.466 e. The van der Waals surface area contributed by atoms with Crippen LogP contribution in [0.1, 0.15) is 13.3 Å². The summed E-state index contributed by atoms with van der Waals surface area (Å²) in [5, 5.41) is 0. The smallest absolute Gasteiger partial charge is 0.306 e. The second-order valence-electron chi connectivity index (χ2n) is 2.97. The maximum absolute atomic E-state index is 11.2. The highest BCUT2D eigenvalue weighted by atomic mass is 35.5. The molecular weight excluding hydrogens is 200 g/mol. The van der Waals surface area contributed by atoms with E-state index in [4.69, 9.17) is 16.3 Å². The zero-order valence-electron chi connectivity index (χ0n) is 8.07. The van der Waals surface area contributed by atoms with Crippen molar-refractivity contribution >= 4 is 17.6 Å². The van der Waals surface area contributed by atoms with Crippen LogP contribution in [0, 0.1) is 5.92 Å². The molecule has 1 rings (SSSR count). The molecule has 0 aromatic carbocycles. The summed E-state index contributed by atoms with van der Waals surface area (Å²) in [4.78, 5) is 11.2. The van der Waals surface area contributed by atoms with Crippen molar-refractivity contribution in [3.05, 3.63) is 35.4 Å². The maximum atomic E-state index is 11.2. The van der Waals surface area contributed by atoms with Crippen LogP contribution in [-0.2, 0) is 9.53 Å². The van der Waals surface area contributed by atoms with Gasteiger partial charge in [0.25, 0.3) is 0 Å². The van der Waals surface area contributed by atoms with Gasteiger partial charge in [0.2, 0.25) is 0 Å². The van der Waals surface area contributed by atoms with Crippen LogP contribution < -0.4 is 0 Å². The first-order valence-corrected chi connectivity index (χ1v) is 5.02. The fourth-order valence-corrected chi connectivity index (χ4v) is 1.54. The van der Waals surface area contributed by atoms with Gasteiger partial charge >= 0.3 is 5.97 Å². The molecule has 0 heterocycles. The van der Waals surface area contributed by atoms with Gasteiger partial charge in [-0.25, -0.2) is 0 Å². The molecule has 0 aromatic rings. The summed E-state index contributed by atoms with van der Waals surface area (Å²) in [6.45, 7) is 2.22. The average molecular weight is 213 g/mol. The third kappa shape index (κ3) is 3.04. The summed E-state index contributed by atoms with van der Waals surface area (Å²) in [6, 6.07) is 0. The lowest BCUT2D eigenvalue weighted by atomic mass is 9.93. The predicted octanol–water partition coefficient (Wildman–Crippen LogP) is 2.80. The van der Waals surface area contributed by atoms with Gasteiger partial charge in [0.05, 0.1) is 13.0 Å². The lowest BCUT2D eigenvalue weighted by Gasteiger charge is -2.14. The van der Waals surface area contributed by atoms with E-state index in [1.54, 1.807) is 6.92 Å². The SMILES string of the molecule is CCOC(=O)CC1C=CC=CC1=CCl. The van der Waals surface area contributed by atoms with Crippen molar-refractivity contribution in [2.75, 3.05) is 6.61 Å². The Labute approximate surface area is 88.9 Å². The molecule has 0 saturated heterocycles. The summed E-state index contributed by atoms with van der Waals surface area (Å²) in [7, 11) is 0. The molecule has 0 fully saturated rings. The molecular formula is C11H13ClO2. The van der Waals surface area contributed by atoms with Crippen molar-refractivity contribution in [1.82, 2.24) is 0 Å². The van der Waals surface area contributed by atoms with Gasteiger partial charge in [-0.3, -0.25) is 4.79 Å². The number of ether oxygens (including phenoxy) is 1. The molecule has 0 N–H and O–H groups in total. The van der Waals surface area contributed by atoms with E-state index in [0.717, 1.165) is 5.57 Å². The number of esters is 1. The summed E-state index contributed by atoms with van der Waals surface area (Å²) in [6.07, 6.45) is 8.01. The zero-order chi connectivity index (χ0) is 10.4. The monoisotopic (exact) mass is 212 g/mol. The third-order valence-electron chi connectivity index (χ3n) is 1.99. The van der Waals surface area contributed by atoms with E-state index in [-0.39, 0.29) is 11.9 Å². The standard InChI is InChI=1S/C11H13ClO2/c1-2-14-11(13)7-9-5-3-4-6-10(9)8-12/h3-6,8-9H,2,7H2,1H3. The number of halogens is 1. The van der Waals surface area contributed by atoms with Crippen LogP contribution in [0.4, 0.5) is 0 Å². The van der Waals surface area contributed by atoms with Crippen molar-refractivity contribution in [3.8, 4) is 0 Å². The number of rotatable bonds is 3. The highest BCUT2D eigenvalue weighted by Crippen LogP contribution is 2.23. The van der Waals surface area contributed by atoms with E-state index >= 15 is 0 Å². The zero-order valence-corrected chi connectivity index (χ0v) is 8.83. The minimum atomic E-state index is -0.187. The number of allylic oxidation sites excluding steroid dienone is 5. The van der Waals surface area contributed by atoms with E-state index in [1.165, 1.54) is 5.54 Å². The number of hydrogen-bond acceptors (Lipinski definition) is 2. The second-order valence-corrected chi connectivity index (χ2v) is 3.19. The fraction of sp³-hybridized carbons (Fsp3) is 0.364. The molecule has 14 heavy (non-hydrogen) atoms. The van der Waals surface area contributed by atoms with Gasteiger partial charge < -0.3 is 4.74 Å². The molecule has 1 unspecified atom stereocenters. The summed E-state index contributed by atoms with van der Waals surface area (Å²) in [5.74, 6) is -0.134. The molecule has 0 spiro atoms. The van der Waals surface area contributed by atoms with E-state index < -0.39 is 0 Å². The normalized spacial score (nSPS) is 22.7. The molecule has 2 nitrogen and oxygen atoms in total. The van der Waals surface area contributed by atoms with Gasteiger partial charge in [-0.15, -0.1) is 0 Å². The highest BCUT2D eigenvalue weighted by molar-refractivity contribution is 6.25. The van der Waals surface area contributed by atoms with E-state index in [0.29, 0.717) is 13.0 Å². The van der Waals surface area contributed by atoms with Gasteiger partial charge in [0.15, 0.2) is 0 Å². The Balaban J connectivity index is 2.55. The van der Waals surface area contributed by atoms with Crippen LogP contribution >= 0.6 is 11.6 Å². The Morgan fingerprint density at radius 2 is 2.43 bits per heavy atom. The number of carbonyl (C=O) groups excluding carboxylic acids is 1. The Bertz CT molecular complexity index is 290. The van der Waals surface area contributed by atoms with Gasteiger partial charge in [-0.1, -0.05) is 35.9 Å². The topological polar surface area (TPSA) is 26.3 Å². The Hall–Kier alpha value is -1.02. The first-order chi connectivity index (χ1) is 6.77. The van der Waals surface area contributed by atoms with Crippen LogP contribution in [0.25, 0.3) is 0 Å². The van der Waals surface area contributed by atoms with Crippen LogP contribution in [0.5, 0.6) is 0 Å². The van der Waals surface area contributed by atoms with Crippen molar-refractivity contribution < 1.29 is 9.53 Å². The molecule has 0 aromatic heterocycles. The van der Waals surface area contributed by atoms with Crippen molar-refractivity contribution in [2.24, 2.45) is 5.92 Å². The predicted molar refractivity (Wildman–Crippen MR) is 57.0 cm³/mol. The van der Waals surface area contributed by atoms with Crippen LogP contribution in [0.15, 0.2) is 35.4 Å². The van der Waals surface area contributed by atoms with Gasteiger partial charge in [0.1, 0.15) is 0 Å². The van der Waals surface area contributed by atoms with Crippen molar-refractivity contribution in [1.29, 1.82) is 0 Å².